The van der Waals surface area contributed by atoms with Crippen LogP contribution in [0.5, 0.6) is 0 Å². The van der Waals surface area contributed by atoms with E-state index in [1.165, 1.54) is 0 Å². The molecular formula is C35H45N3O3. The molecule has 0 spiro atoms. The molecule has 0 radical (unpaired) electrons. The molecular weight excluding hydrogens is 510 g/mol. The highest BCUT2D eigenvalue weighted by Crippen LogP contribution is 2.74. The average Bonchev–Trinajstić information content (AvgIpc) is 2.92. The van der Waals surface area contributed by atoms with Gasteiger partial charge in [-0.15, -0.1) is 0 Å². The van der Waals surface area contributed by atoms with Crippen molar-refractivity contribution in [3.05, 3.63) is 35.7 Å². The summed E-state index contributed by atoms with van der Waals surface area (Å²) in [5, 5.41) is 9.84. The van der Waals surface area contributed by atoms with E-state index in [9.17, 15) is 19.6 Å². The van der Waals surface area contributed by atoms with Crippen molar-refractivity contribution in [2.45, 2.75) is 99.5 Å². The number of fused-ring (bicyclic) bond motifs is 7. The number of Topliss-reactive ketones (excluding diaryl/α,β-unsaturated/α-hetero) is 1. The van der Waals surface area contributed by atoms with Crippen LogP contribution in [0.1, 0.15) is 93.4 Å². The summed E-state index contributed by atoms with van der Waals surface area (Å²) in [6.45, 7) is 15.4. The summed E-state index contributed by atoms with van der Waals surface area (Å²) in [5.74, 6) is -0.228. The largest absolute Gasteiger partial charge is 0.309 e. The first kappa shape index (κ1) is 28.3. The number of nitriles is 1. The van der Waals surface area contributed by atoms with Crippen molar-refractivity contribution in [3.63, 3.8) is 0 Å². The van der Waals surface area contributed by atoms with Crippen molar-refractivity contribution in [3.8, 4) is 6.07 Å². The molecule has 5 aliphatic carbocycles. The Bertz CT molecular complexity index is 1400. The van der Waals surface area contributed by atoms with Crippen molar-refractivity contribution in [2.75, 3.05) is 0 Å². The van der Waals surface area contributed by atoms with Crippen LogP contribution < -0.4 is 0 Å². The monoisotopic (exact) mass is 555 g/mol. The third kappa shape index (κ3) is 3.59. The maximum atomic E-state index is 14.6. The van der Waals surface area contributed by atoms with E-state index in [-0.39, 0.29) is 69.0 Å². The number of ketones is 2. The Morgan fingerprint density at radius 1 is 1.02 bits per heavy atom. The molecule has 1 heterocycles. The maximum absolute atomic E-state index is 14.6. The van der Waals surface area contributed by atoms with E-state index >= 15 is 0 Å². The van der Waals surface area contributed by atoms with Crippen molar-refractivity contribution >= 4 is 23.7 Å². The van der Waals surface area contributed by atoms with Crippen LogP contribution in [-0.4, -0.2) is 34.6 Å². The lowest BCUT2D eigenvalue weighted by atomic mass is 9.34. The van der Waals surface area contributed by atoms with Gasteiger partial charge in [-0.25, -0.2) is 0 Å². The van der Waals surface area contributed by atoms with Crippen molar-refractivity contribution in [2.24, 2.45) is 55.7 Å². The van der Waals surface area contributed by atoms with E-state index in [1.54, 1.807) is 6.20 Å². The highest BCUT2D eigenvalue weighted by Gasteiger charge is 2.70. The Hall–Kier alpha value is -2.81. The predicted molar refractivity (Wildman–Crippen MR) is 158 cm³/mol. The number of hydrogen-bond donors (Lipinski definition) is 0. The second-order valence-electron chi connectivity index (χ2n) is 15.6. The lowest BCUT2D eigenvalue weighted by Gasteiger charge is -2.68. The molecule has 41 heavy (non-hydrogen) atoms. The normalized spacial score (nSPS) is 46.3. The lowest BCUT2D eigenvalue weighted by molar-refractivity contribution is -0.182. The smallest absolute Gasteiger partial charge is 0.233 e. The first-order valence-electron chi connectivity index (χ1n) is 15.6. The summed E-state index contributed by atoms with van der Waals surface area (Å²) in [5.41, 5.74) is -0.281. The Morgan fingerprint density at radius 3 is 2.41 bits per heavy atom. The SMILES string of the molecule is CC1C=NC=CN1C(=O)[C@]12CCC(C)(C)CC1C1C(=O)C=C3[C@@]4(C)C=C(C#N)C(=O)[C@H](C)C4CC[C@@]3(C)C1(C)CC2. The molecule has 0 aromatic rings. The highest BCUT2D eigenvalue weighted by molar-refractivity contribution is 6.02. The minimum absolute atomic E-state index is 0.0401. The van der Waals surface area contributed by atoms with Crippen LogP contribution in [-0.2, 0) is 14.4 Å². The standard InChI is InChI=1S/C35H45N3O3/c1-21-20-37-14-15-38(21)30(41)35-12-10-31(3,4)18-25(35)28-26(39)16-27-32(5)17-23(19-36)29(40)22(2)24(32)8-9-33(27,6)34(28,7)11-13-35/h14-17,20-22,24-25,28H,8-13,18H2,1-7H3/t21?,22-,24?,25?,28?,32+,33-,34?,35+/m1/s1. The number of nitrogens with zero attached hydrogens (tertiary/aromatic N) is 3. The van der Waals surface area contributed by atoms with Gasteiger partial charge in [-0.1, -0.05) is 53.2 Å². The fourth-order valence-corrected chi connectivity index (χ4v) is 10.6. The van der Waals surface area contributed by atoms with Crippen molar-refractivity contribution in [1.82, 2.24) is 4.90 Å². The number of carbonyl (C=O) groups is 3. The van der Waals surface area contributed by atoms with Gasteiger partial charge in [0.1, 0.15) is 6.07 Å². The summed E-state index contributed by atoms with van der Waals surface area (Å²) < 4.78 is 0. The first-order chi connectivity index (χ1) is 19.2. The Kier molecular flexibility index (Phi) is 6.11. The molecule has 9 atom stereocenters. The number of aliphatic imine (C=N–C) groups is 1. The molecule has 3 saturated carbocycles. The molecule has 3 fully saturated rings. The molecule has 218 valence electrons. The molecule has 6 nitrogen and oxygen atoms in total. The van der Waals surface area contributed by atoms with Crippen LogP contribution in [0.2, 0.25) is 0 Å². The molecule has 6 rings (SSSR count). The third-order valence-electron chi connectivity index (χ3n) is 13.2. The molecule has 6 aliphatic rings. The fraction of sp³-hybridized carbons (Fsp3) is 0.686. The van der Waals surface area contributed by atoms with Gasteiger partial charge < -0.3 is 4.90 Å². The third-order valence-corrected chi connectivity index (χ3v) is 13.2. The first-order valence-corrected chi connectivity index (χ1v) is 15.6. The number of amides is 1. The Labute approximate surface area is 245 Å². The second-order valence-corrected chi connectivity index (χ2v) is 15.6. The van der Waals surface area contributed by atoms with Gasteiger partial charge in [0.2, 0.25) is 5.91 Å². The van der Waals surface area contributed by atoms with Gasteiger partial charge in [0, 0.05) is 35.9 Å². The second kappa shape index (κ2) is 8.85. The van der Waals surface area contributed by atoms with Crippen LogP contribution in [0, 0.1) is 62.1 Å². The van der Waals surface area contributed by atoms with Gasteiger partial charge in [0.25, 0.3) is 0 Å². The topological polar surface area (TPSA) is 90.6 Å². The van der Waals surface area contributed by atoms with Gasteiger partial charge in [0.15, 0.2) is 11.6 Å². The number of carbonyl (C=O) groups excluding carboxylic acids is 3. The quantitative estimate of drug-likeness (QED) is 0.365. The van der Waals surface area contributed by atoms with Gasteiger partial charge >= 0.3 is 0 Å². The summed E-state index contributed by atoms with van der Waals surface area (Å²) in [6, 6.07) is 2.06. The van der Waals surface area contributed by atoms with Crippen molar-refractivity contribution in [1.29, 1.82) is 5.26 Å². The molecule has 6 heteroatoms. The maximum Gasteiger partial charge on any atom is 0.233 e. The van der Waals surface area contributed by atoms with Crippen LogP contribution in [0.3, 0.4) is 0 Å². The summed E-state index contributed by atoms with van der Waals surface area (Å²) in [6.07, 6.45) is 15.2. The van der Waals surface area contributed by atoms with E-state index < -0.39 is 10.8 Å². The Balaban J connectivity index is 1.49. The van der Waals surface area contributed by atoms with Crippen LogP contribution >= 0.6 is 0 Å². The van der Waals surface area contributed by atoms with E-state index in [0.29, 0.717) is 0 Å². The Morgan fingerprint density at radius 2 is 1.73 bits per heavy atom. The minimum Gasteiger partial charge on any atom is -0.309 e. The summed E-state index contributed by atoms with van der Waals surface area (Å²) in [7, 11) is 0. The number of hydrogen-bond acceptors (Lipinski definition) is 5. The molecule has 0 bridgehead atoms. The predicted octanol–water partition coefficient (Wildman–Crippen LogP) is 6.59. The summed E-state index contributed by atoms with van der Waals surface area (Å²) >= 11 is 0. The zero-order chi connectivity index (χ0) is 29.8. The molecule has 0 saturated heterocycles. The number of allylic oxidation sites excluding steroid dienone is 4. The van der Waals surface area contributed by atoms with Crippen molar-refractivity contribution < 1.29 is 14.4 Å². The van der Waals surface area contributed by atoms with E-state index in [1.807, 2.05) is 43.3 Å². The zero-order valence-electron chi connectivity index (χ0n) is 25.8. The van der Waals surface area contributed by atoms with E-state index in [0.717, 1.165) is 50.5 Å². The van der Waals surface area contributed by atoms with Gasteiger partial charge in [0.05, 0.1) is 17.0 Å². The van der Waals surface area contributed by atoms with E-state index in [4.69, 9.17) is 0 Å². The van der Waals surface area contributed by atoms with Crippen LogP contribution in [0.4, 0.5) is 0 Å². The van der Waals surface area contributed by atoms with Gasteiger partial charge in [-0.2, -0.15) is 5.26 Å². The zero-order valence-corrected chi connectivity index (χ0v) is 25.8. The molecule has 0 N–H and O–H groups in total. The average molecular weight is 556 g/mol. The highest BCUT2D eigenvalue weighted by atomic mass is 16.2. The lowest BCUT2D eigenvalue weighted by Crippen LogP contribution is -2.66. The summed E-state index contributed by atoms with van der Waals surface area (Å²) in [4.78, 5) is 48.3. The van der Waals surface area contributed by atoms with Crippen LogP contribution in [0.15, 0.2) is 40.7 Å². The molecule has 0 aromatic heterocycles. The van der Waals surface area contributed by atoms with E-state index in [2.05, 4.69) is 45.7 Å². The van der Waals surface area contributed by atoms with Gasteiger partial charge in [-0.3, -0.25) is 19.4 Å². The molecule has 1 aliphatic heterocycles. The van der Waals surface area contributed by atoms with Gasteiger partial charge in [-0.05, 0) is 86.0 Å². The molecule has 1 amide bonds. The molecule has 0 aromatic carbocycles. The molecule has 5 unspecified atom stereocenters. The minimum atomic E-state index is -0.568. The number of rotatable bonds is 1. The fourth-order valence-electron chi connectivity index (χ4n) is 10.6. The van der Waals surface area contributed by atoms with Crippen LogP contribution in [0.25, 0.3) is 0 Å².